The van der Waals surface area contributed by atoms with Gasteiger partial charge in [-0.3, -0.25) is 9.59 Å². The maximum absolute atomic E-state index is 13.1. The summed E-state index contributed by atoms with van der Waals surface area (Å²) in [6, 6.07) is 12.1. The summed E-state index contributed by atoms with van der Waals surface area (Å²) < 4.78 is 23.8. The van der Waals surface area contributed by atoms with Gasteiger partial charge in [0.05, 0.1) is 20.6 Å². The molecule has 2 aliphatic heterocycles. The maximum Gasteiger partial charge on any atom is 0.227 e. The quantitative estimate of drug-likeness (QED) is 0.643. The van der Waals surface area contributed by atoms with Gasteiger partial charge in [-0.05, 0) is 60.6 Å². The highest BCUT2D eigenvalue weighted by Gasteiger charge is 2.40. The third-order valence-electron chi connectivity index (χ3n) is 6.85. The Hall–Kier alpha value is -3.09. The van der Waals surface area contributed by atoms with Crippen molar-refractivity contribution in [2.45, 2.75) is 38.1 Å². The fourth-order valence-electron chi connectivity index (χ4n) is 5.04. The fourth-order valence-corrected chi connectivity index (χ4v) is 5.04. The Kier molecular flexibility index (Phi) is 7.16. The molecule has 176 valence electrons. The van der Waals surface area contributed by atoms with Gasteiger partial charge in [-0.1, -0.05) is 18.2 Å². The van der Waals surface area contributed by atoms with Gasteiger partial charge in [0, 0.05) is 32.1 Å². The molecular formula is C26H31FN2O4. The van der Waals surface area contributed by atoms with Crippen LogP contribution in [0, 0.1) is 11.7 Å². The number of carbonyl (C=O) groups excluding carboxylic acids is 2. The van der Waals surface area contributed by atoms with Crippen LogP contribution in [0.2, 0.25) is 0 Å². The molecule has 2 amide bonds. The SMILES string of the molecule is COc1ccc(CCN2C(=O)CC[C@H]3CN(C(=O)Cc4ccc(F)cc4)CC[C@H]32)cc1OC. The third-order valence-corrected chi connectivity index (χ3v) is 6.85. The lowest BCUT2D eigenvalue weighted by atomic mass is 9.83. The average molecular weight is 455 g/mol. The van der Waals surface area contributed by atoms with Crippen LogP contribution in [0.4, 0.5) is 4.39 Å². The zero-order chi connectivity index (χ0) is 23.4. The molecule has 2 aliphatic rings. The van der Waals surface area contributed by atoms with E-state index in [-0.39, 0.29) is 30.1 Å². The highest BCUT2D eigenvalue weighted by atomic mass is 19.1. The number of halogens is 1. The molecule has 2 atom stereocenters. The van der Waals surface area contributed by atoms with Crippen LogP contribution in [-0.2, 0) is 22.4 Å². The number of rotatable bonds is 7. The maximum atomic E-state index is 13.1. The van der Waals surface area contributed by atoms with E-state index in [9.17, 15) is 14.0 Å². The van der Waals surface area contributed by atoms with Crippen LogP contribution in [0.25, 0.3) is 0 Å². The number of benzene rings is 2. The van der Waals surface area contributed by atoms with Crippen LogP contribution in [0.15, 0.2) is 42.5 Å². The molecule has 0 aliphatic carbocycles. The zero-order valence-corrected chi connectivity index (χ0v) is 19.3. The summed E-state index contributed by atoms with van der Waals surface area (Å²) in [7, 11) is 3.23. The molecule has 6 nitrogen and oxygen atoms in total. The van der Waals surface area contributed by atoms with Crippen molar-refractivity contribution >= 4 is 11.8 Å². The fraction of sp³-hybridized carbons (Fsp3) is 0.462. The van der Waals surface area contributed by atoms with Gasteiger partial charge in [0.25, 0.3) is 0 Å². The van der Waals surface area contributed by atoms with Crippen LogP contribution in [0.5, 0.6) is 11.5 Å². The van der Waals surface area contributed by atoms with Crippen molar-refractivity contribution in [2.75, 3.05) is 33.9 Å². The van der Waals surface area contributed by atoms with Crippen molar-refractivity contribution in [3.63, 3.8) is 0 Å². The van der Waals surface area contributed by atoms with E-state index >= 15 is 0 Å². The standard InChI is InChI=1S/C26H31FN2O4/c1-32-23-9-5-19(15-24(23)33-2)11-14-29-22-12-13-28(17-20(22)6-10-25(29)30)26(31)16-18-3-7-21(27)8-4-18/h3-5,7-9,15,20,22H,6,10-14,16-17H2,1-2H3/t20-,22+/m0/s1. The number of hydrogen-bond acceptors (Lipinski definition) is 4. The zero-order valence-electron chi connectivity index (χ0n) is 19.3. The number of methoxy groups -OCH3 is 2. The van der Waals surface area contributed by atoms with Crippen molar-refractivity contribution in [3.8, 4) is 11.5 Å². The van der Waals surface area contributed by atoms with E-state index in [2.05, 4.69) is 0 Å². The largest absolute Gasteiger partial charge is 0.493 e. The van der Waals surface area contributed by atoms with Crippen LogP contribution >= 0.6 is 0 Å². The highest BCUT2D eigenvalue weighted by Crippen LogP contribution is 2.32. The number of hydrogen-bond donors (Lipinski definition) is 0. The van der Waals surface area contributed by atoms with Crippen molar-refractivity contribution in [1.29, 1.82) is 0 Å². The Bertz CT molecular complexity index is 994. The molecule has 2 saturated heterocycles. The number of likely N-dealkylation sites (tertiary alicyclic amines) is 2. The summed E-state index contributed by atoms with van der Waals surface area (Å²) in [5.41, 5.74) is 1.91. The summed E-state index contributed by atoms with van der Waals surface area (Å²) in [5, 5.41) is 0. The number of nitrogens with zero attached hydrogens (tertiary/aromatic N) is 2. The Morgan fingerprint density at radius 3 is 2.48 bits per heavy atom. The number of amides is 2. The van der Waals surface area contributed by atoms with Crippen LogP contribution in [0.1, 0.15) is 30.4 Å². The molecule has 0 unspecified atom stereocenters. The summed E-state index contributed by atoms with van der Waals surface area (Å²) in [6.45, 7) is 1.96. The van der Waals surface area contributed by atoms with E-state index in [0.29, 0.717) is 43.5 Å². The summed E-state index contributed by atoms with van der Waals surface area (Å²) in [6.07, 6.45) is 3.14. The molecular weight excluding hydrogens is 423 g/mol. The first-order valence-electron chi connectivity index (χ1n) is 11.5. The van der Waals surface area contributed by atoms with Gasteiger partial charge in [-0.25, -0.2) is 4.39 Å². The minimum atomic E-state index is -0.299. The molecule has 2 aromatic rings. The van der Waals surface area contributed by atoms with Gasteiger partial charge in [0.2, 0.25) is 11.8 Å². The van der Waals surface area contributed by atoms with E-state index < -0.39 is 0 Å². The smallest absolute Gasteiger partial charge is 0.227 e. The van der Waals surface area contributed by atoms with Crippen molar-refractivity contribution in [3.05, 3.63) is 59.4 Å². The van der Waals surface area contributed by atoms with E-state index in [1.165, 1.54) is 12.1 Å². The molecule has 0 saturated carbocycles. The number of fused-ring (bicyclic) bond motifs is 1. The Balaban J connectivity index is 1.36. The average Bonchev–Trinajstić information content (AvgIpc) is 2.84. The molecule has 33 heavy (non-hydrogen) atoms. The first kappa shape index (κ1) is 23.1. The first-order valence-corrected chi connectivity index (χ1v) is 11.5. The number of ether oxygens (including phenoxy) is 2. The summed E-state index contributed by atoms with van der Waals surface area (Å²) in [5.74, 6) is 1.63. The second-order valence-corrected chi connectivity index (χ2v) is 8.82. The molecule has 0 radical (unpaired) electrons. The number of carbonyl (C=O) groups is 2. The predicted octanol–water partition coefficient (Wildman–Crippen LogP) is 3.47. The van der Waals surface area contributed by atoms with Gasteiger partial charge in [0.1, 0.15) is 5.82 Å². The van der Waals surface area contributed by atoms with Gasteiger partial charge in [-0.15, -0.1) is 0 Å². The summed E-state index contributed by atoms with van der Waals surface area (Å²) in [4.78, 5) is 29.5. The van der Waals surface area contributed by atoms with E-state index in [0.717, 1.165) is 30.4 Å². The second-order valence-electron chi connectivity index (χ2n) is 8.82. The molecule has 0 aromatic heterocycles. The van der Waals surface area contributed by atoms with Crippen molar-refractivity contribution in [2.24, 2.45) is 5.92 Å². The molecule has 2 fully saturated rings. The second kappa shape index (κ2) is 10.2. The molecule has 2 aromatic carbocycles. The molecule has 0 spiro atoms. The Labute approximate surface area is 194 Å². The van der Waals surface area contributed by atoms with Crippen LogP contribution in [0.3, 0.4) is 0 Å². The monoisotopic (exact) mass is 454 g/mol. The lowest BCUT2D eigenvalue weighted by Crippen LogP contribution is -2.57. The predicted molar refractivity (Wildman–Crippen MR) is 123 cm³/mol. The summed E-state index contributed by atoms with van der Waals surface area (Å²) >= 11 is 0. The Morgan fingerprint density at radius 2 is 1.76 bits per heavy atom. The van der Waals surface area contributed by atoms with Crippen LogP contribution < -0.4 is 9.47 Å². The van der Waals surface area contributed by atoms with E-state index in [4.69, 9.17) is 9.47 Å². The van der Waals surface area contributed by atoms with Crippen molar-refractivity contribution in [1.82, 2.24) is 9.80 Å². The topological polar surface area (TPSA) is 59.1 Å². The lowest BCUT2D eigenvalue weighted by Gasteiger charge is -2.47. The molecule has 0 N–H and O–H groups in total. The minimum Gasteiger partial charge on any atom is -0.493 e. The highest BCUT2D eigenvalue weighted by molar-refractivity contribution is 5.80. The lowest BCUT2D eigenvalue weighted by molar-refractivity contribution is -0.143. The molecule has 4 rings (SSSR count). The minimum absolute atomic E-state index is 0.0637. The number of piperidine rings is 2. The van der Waals surface area contributed by atoms with Crippen molar-refractivity contribution < 1.29 is 23.5 Å². The molecule has 2 heterocycles. The normalized spacial score (nSPS) is 20.4. The molecule has 7 heteroatoms. The van der Waals surface area contributed by atoms with Gasteiger partial charge in [-0.2, -0.15) is 0 Å². The van der Waals surface area contributed by atoms with Gasteiger partial charge < -0.3 is 19.3 Å². The van der Waals surface area contributed by atoms with Gasteiger partial charge in [0.15, 0.2) is 11.5 Å². The van der Waals surface area contributed by atoms with E-state index in [1.54, 1.807) is 26.4 Å². The van der Waals surface area contributed by atoms with Gasteiger partial charge >= 0.3 is 0 Å². The van der Waals surface area contributed by atoms with Crippen LogP contribution in [-0.4, -0.2) is 61.5 Å². The first-order chi connectivity index (χ1) is 16.0. The van der Waals surface area contributed by atoms with E-state index in [1.807, 2.05) is 28.0 Å². The third kappa shape index (κ3) is 5.29. The molecule has 0 bridgehead atoms. The Morgan fingerprint density at radius 1 is 1.03 bits per heavy atom.